The molecule has 8 rings (SSSR count). The van der Waals surface area contributed by atoms with Crippen molar-refractivity contribution in [1.29, 1.82) is 0 Å². The lowest BCUT2D eigenvalue weighted by Gasteiger charge is -2.62. The van der Waals surface area contributed by atoms with Crippen molar-refractivity contribution in [3.05, 3.63) is 11.6 Å². The van der Waals surface area contributed by atoms with Crippen LogP contribution in [-0.2, 0) is 19.2 Å². The van der Waals surface area contributed by atoms with E-state index in [-0.39, 0.29) is 85.2 Å². The van der Waals surface area contributed by atoms with Crippen LogP contribution in [-0.4, -0.2) is 56.1 Å². The first-order valence-electron chi connectivity index (χ1n) is 24.8. The van der Waals surface area contributed by atoms with E-state index in [1.165, 1.54) is 6.42 Å². The minimum Gasteiger partial charge on any atom is -0.481 e. The molecule has 0 aromatic carbocycles. The van der Waals surface area contributed by atoms with Gasteiger partial charge in [-0.1, -0.05) is 69.4 Å². The third-order valence-electron chi connectivity index (χ3n) is 21.0. The molecule has 8 heteroatoms. The van der Waals surface area contributed by atoms with Crippen LogP contribution in [0.1, 0.15) is 192 Å². The van der Waals surface area contributed by atoms with Gasteiger partial charge in [0.1, 0.15) is 5.78 Å². The molecule has 0 bridgehead atoms. The molecule has 19 atom stereocenters. The average molecular weight is 867 g/mol. The summed E-state index contributed by atoms with van der Waals surface area (Å²) in [6.07, 6.45) is 18.9. The largest absolute Gasteiger partial charge is 0.481 e. The summed E-state index contributed by atoms with van der Waals surface area (Å²) in [4.78, 5) is 50.0. The Bertz CT molecular complexity index is 1670. The van der Waals surface area contributed by atoms with Crippen LogP contribution in [0.5, 0.6) is 0 Å². The smallest absolute Gasteiger partial charge is 0.303 e. The molecule has 0 radical (unpaired) electrons. The molecule has 0 amide bonds. The van der Waals surface area contributed by atoms with Gasteiger partial charge >= 0.3 is 11.9 Å². The minimum absolute atomic E-state index is 0. The lowest BCUT2D eigenvalue weighted by Crippen LogP contribution is -2.60. The van der Waals surface area contributed by atoms with Gasteiger partial charge in [-0.3, -0.25) is 19.2 Å². The number of aliphatic hydroxyl groups is 2. The first kappa shape index (κ1) is 50.9. The lowest BCUT2D eigenvalue weighted by molar-refractivity contribution is -0.173. The van der Waals surface area contributed by atoms with Crippen molar-refractivity contribution in [3.8, 4) is 0 Å². The summed E-state index contributed by atoms with van der Waals surface area (Å²) in [6.45, 7) is 18.3. The van der Waals surface area contributed by atoms with Crippen LogP contribution in [0.2, 0.25) is 0 Å². The SMILES string of the molecule is C.C.C/C=C1/C(=O)C2C(CC[C@@]3(C)C2CCC3[C@H](C)CCC(=O)O)[C@@]2(C)CC[C@@H](O)CC12.CC[C@H]1C(=O)C2C3CCC([C@H](C)CCC(=O)O)[C@@]3(C)CCC2[C@@]2(C)CC[C@@H](O)CC12. The Balaban J connectivity index is 0.000000227. The van der Waals surface area contributed by atoms with Gasteiger partial charge in [-0.25, -0.2) is 0 Å². The first-order chi connectivity index (χ1) is 28.3. The summed E-state index contributed by atoms with van der Waals surface area (Å²) in [7, 11) is 0. The molecule has 0 aromatic rings. The Morgan fingerprint density at radius 3 is 1.55 bits per heavy atom. The van der Waals surface area contributed by atoms with Crippen molar-refractivity contribution < 1.29 is 39.6 Å². The molecular weight excluding hydrogens is 777 g/mol. The van der Waals surface area contributed by atoms with Crippen LogP contribution in [0.4, 0.5) is 0 Å². The maximum absolute atomic E-state index is 13.9. The molecule has 10 unspecified atom stereocenters. The van der Waals surface area contributed by atoms with Gasteiger partial charge in [0.2, 0.25) is 0 Å². The molecule has 0 aliphatic heterocycles. The summed E-state index contributed by atoms with van der Waals surface area (Å²) >= 11 is 0. The molecule has 8 saturated carbocycles. The van der Waals surface area contributed by atoms with Gasteiger partial charge in [-0.15, -0.1) is 0 Å². The second-order valence-electron chi connectivity index (χ2n) is 23.3. The standard InChI is InChI=1S/C26H42O4.C26H40O4.2CH4/c2*1-5-17-21-14-16(27)10-12-26(21,4)20-11-13-25(3)18(15(2)6-9-22(28)29)7-8-19(25)23(20)24(17)30;;/h15-21,23,27H,5-14H2,1-4H3,(H,28,29);5,15-16,18-21,23,27H,6-14H2,1-4H3,(H,28,29);2*1H4/b;17-5+;;/t15-,16-,17-,18?,19?,20?,21?,23?,25-,26-;15-,16-,18?,19?,20?,21?,23?,25-,26-;;/m11../s1. The number of aliphatic carboxylic acids is 2. The second-order valence-corrected chi connectivity index (χ2v) is 23.3. The van der Waals surface area contributed by atoms with E-state index in [9.17, 15) is 29.4 Å². The van der Waals surface area contributed by atoms with Gasteiger partial charge in [0, 0.05) is 30.6 Å². The Hall–Kier alpha value is -2.06. The molecule has 8 nitrogen and oxygen atoms in total. The molecule has 0 heterocycles. The third kappa shape index (κ3) is 8.36. The normalized spacial score (nSPS) is 47.0. The Morgan fingerprint density at radius 1 is 0.629 bits per heavy atom. The zero-order valence-corrected chi connectivity index (χ0v) is 38.6. The van der Waals surface area contributed by atoms with Crippen molar-refractivity contribution in [3.63, 3.8) is 0 Å². The van der Waals surface area contributed by atoms with Crippen LogP contribution >= 0.6 is 0 Å². The van der Waals surface area contributed by atoms with Gasteiger partial charge in [0.25, 0.3) is 0 Å². The number of fused-ring (bicyclic) bond motifs is 10. The Labute approximate surface area is 376 Å². The van der Waals surface area contributed by atoms with Crippen molar-refractivity contribution >= 4 is 23.5 Å². The van der Waals surface area contributed by atoms with E-state index in [1.807, 2.05) is 13.0 Å². The molecule has 0 spiro atoms. The molecule has 8 aliphatic rings. The lowest BCUT2D eigenvalue weighted by atomic mass is 9.42. The van der Waals surface area contributed by atoms with Gasteiger partial charge < -0.3 is 20.4 Å². The van der Waals surface area contributed by atoms with E-state index >= 15 is 0 Å². The van der Waals surface area contributed by atoms with E-state index in [2.05, 4.69) is 48.5 Å². The molecule has 8 fully saturated rings. The van der Waals surface area contributed by atoms with Crippen LogP contribution in [0.25, 0.3) is 0 Å². The third-order valence-corrected chi connectivity index (χ3v) is 21.0. The van der Waals surface area contributed by atoms with Crippen molar-refractivity contribution in [1.82, 2.24) is 0 Å². The quantitative estimate of drug-likeness (QED) is 0.167. The number of carboxylic acids is 2. The summed E-state index contributed by atoms with van der Waals surface area (Å²) in [5, 5.41) is 39.0. The molecule has 0 saturated heterocycles. The molecular formula is C54H90O8. The fourth-order valence-electron chi connectivity index (χ4n) is 17.9. The van der Waals surface area contributed by atoms with Crippen molar-refractivity contribution in [2.24, 2.45) is 98.6 Å². The molecule has 354 valence electrons. The molecule has 8 aliphatic carbocycles. The summed E-state index contributed by atoms with van der Waals surface area (Å²) in [5.41, 5.74) is 1.61. The number of aliphatic hydroxyl groups excluding tert-OH is 2. The van der Waals surface area contributed by atoms with Gasteiger partial charge in [0.15, 0.2) is 5.78 Å². The Kier molecular flexibility index (Phi) is 15.6. The first-order valence-corrected chi connectivity index (χ1v) is 24.8. The second kappa shape index (κ2) is 19.0. The van der Waals surface area contributed by atoms with E-state index < -0.39 is 11.9 Å². The van der Waals surface area contributed by atoms with Crippen LogP contribution in [0.3, 0.4) is 0 Å². The number of Topliss-reactive ketones (excluding diaryl/α,β-unsaturated/α-hetero) is 2. The number of hydrogen-bond donors (Lipinski definition) is 4. The van der Waals surface area contributed by atoms with Crippen LogP contribution in [0, 0.1) is 98.6 Å². The fourth-order valence-corrected chi connectivity index (χ4v) is 17.9. The predicted molar refractivity (Wildman–Crippen MR) is 247 cm³/mol. The molecule has 0 aromatic heterocycles. The number of hydrogen-bond acceptors (Lipinski definition) is 6. The molecule has 62 heavy (non-hydrogen) atoms. The molecule has 4 N–H and O–H groups in total. The number of carboxylic acid groups (broad SMARTS) is 2. The number of carbonyl (C=O) groups excluding carboxylic acids is 2. The topological polar surface area (TPSA) is 149 Å². The number of allylic oxidation sites excluding steroid dienone is 2. The monoisotopic (exact) mass is 867 g/mol. The summed E-state index contributed by atoms with van der Waals surface area (Å²) in [6, 6.07) is 0. The highest BCUT2D eigenvalue weighted by molar-refractivity contribution is 5.99. The van der Waals surface area contributed by atoms with E-state index in [1.54, 1.807) is 0 Å². The van der Waals surface area contributed by atoms with E-state index in [4.69, 9.17) is 10.2 Å². The van der Waals surface area contributed by atoms with Crippen molar-refractivity contribution in [2.75, 3.05) is 0 Å². The van der Waals surface area contributed by atoms with Gasteiger partial charge in [-0.05, 0) is 202 Å². The number of ketones is 2. The predicted octanol–water partition coefficient (Wildman–Crippen LogP) is 11.8. The highest BCUT2D eigenvalue weighted by atomic mass is 16.4. The number of rotatable bonds is 9. The van der Waals surface area contributed by atoms with Crippen LogP contribution < -0.4 is 0 Å². The summed E-state index contributed by atoms with van der Waals surface area (Å²) < 4.78 is 0. The average Bonchev–Trinajstić information content (AvgIpc) is 3.74. The number of carbonyl (C=O) groups is 4. The highest BCUT2D eigenvalue weighted by Gasteiger charge is 2.66. The fraction of sp³-hybridized carbons (Fsp3) is 0.889. The van der Waals surface area contributed by atoms with E-state index in [0.717, 1.165) is 108 Å². The highest BCUT2D eigenvalue weighted by Crippen LogP contribution is 2.70. The minimum atomic E-state index is -0.705. The maximum Gasteiger partial charge on any atom is 0.303 e. The zero-order valence-electron chi connectivity index (χ0n) is 38.6. The van der Waals surface area contributed by atoms with E-state index in [0.29, 0.717) is 64.8 Å². The zero-order chi connectivity index (χ0) is 43.7. The summed E-state index contributed by atoms with van der Waals surface area (Å²) in [5.74, 6) is 4.05. The van der Waals surface area contributed by atoms with Crippen LogP contribution in [0.15, 0.2) is 11.6 Å². The maximum atomic E-state index is 13.9. The van der Waals surface area contributed by atoms with Gasteiger partial charge in [0.05, 0.1) is 12.2 Å². The Morgan fingerprint density at radius 2 is 1.06 bits per heavy atom. The van der Waals surface area contributed by atoms with Gasteiger partial charge in [-0.2, -0.15) is 0 Å². The van der Waals surface area contributed by atoms with Crippen molar-refractivity contribution in [2.45, 2.75) is 204 Å².